The van der Waals surface area contributed by atoms with Gasteiger partial charge in [-0.2, -0.15) is 0 Å². The molecule has 0 unspecified atom stereocenters. The molecule has 1 rings (SSSR count). The fourth-order valence-corrected chi connectivity index (χ4v) is 1.08. The lowest BCUT2D eigenvalue weighted by molar-refractivity contribution is -0.123. The highest BCUT2D eigenvalue weighted by atomic mass is 16.6. The minimum Gasteiger partial charge on any atom is -0.484 e. The molecule has 88 valence electrons. The number of carbonyl (C=O) groups excluding carboxylic acids is 1. The third-order valence-electron chi connectivity index (χ3n) is 1.93. The van der Waals surface area contributed by atoms with Gasteiger partial charge in [0, 0.05) is 6.54 Å². The summed E-state index contributed by atoms with van der Waals surface area (Å²) < 4.78 is 5.27. The van der Waals surface area contributed by atoms with Crippen LogP contribution < -0.4 is 16.0 Å². The van der Waals surface area contributed by atoms with E-state index in [9.17, 15) is 4.79 Å². The van der Waals surface area contributed by atoms with Gasteiger partial charge in [0.15, 0.2) is 6.61 Å². The fourth-order valence-electron chi connectivity index (χ4n) is 1.08. The van der Waals surface area contributed by atoms with E-state index >= 15 is 0 Å². The van der Waals surface area contributed by atoms with E-state index in [-0.39, 0.29) is 19.1 Å². The van der Waals surface area contributed by atoms with E-state index in [1.807, 2.05) is 31.2 Å². The Balaban J connectivity index is 2.23. The van der Waals surface area contributed by atoms with Crippen molar-refractivity contribution in [1.29, 1.82) is 0 Å². The highest BCUT2D eigenvalue weighted by molar-refractivity contribution is 5.77. The monoisotopic (exact) mass is 224 g/mol. The van der Waals surface area contributed by atoms with Crippen LogP contribution in [0.2, 0.25) is 0 Å². The van der Waals surface area contributed by atoms with Crippen molar-refractivity contribution in [2.75, 3.05) is 19.8 Å². The van der Waals surface area contributed by atoms with Crippen LogP contribution in [0.1, 0.15) is 5.56 Å². The number of hydrogen-bond acceptors (Lipinski definition) is 4. The van der Waals surface area contributed by atoms with E-state index in [2.05, 4.69) is 10.2 Å². The molecule has 0 fully saturated rings. The Kier molecular flexibility index (Phi) is 5.31. The second-order valence-corrected chi connectivity index (χ2v) is 3.32. The van der Waals surface area contributed by atoms with Gasteiger partial charge in [-0.25, -0.2) is 5.90 Å². The Morgan fingerprint density at radius 1 is 1.38 bits per heavy atom. The zero-order valence-electron chi connectivity index (χ0n) is 9.23. The Morgan fingerprint density at radius 3 is 2.69 bits per heavy atom. The molecule has 0 aliphatic heterocycles. The van der Waals surface area contributed by atoms with E-state index < -0.39 is 0 Å². The summed E-state index contributed by atoms with van der Waals surface area (Å²) in [5.74, 6) is 5.29. The van der Waals surface area contributed by atoms with Gasteiger partial charge in [-0.1, -0.05) is 17.7 Å². The van der Waals surface area contributed by atoms with Crippen LogP contribution in [0, 0.1) is 6.92 Å². The molecule has 1 amide bonds. The van der Waals surface area contributed by atoms with Crippen LogP contribution in [0.3, 0.4) is 0 Å². The quantitative estimate of drug-likeness (QED) is 0.541. The SMILES string of the molecule is Cc1ccc(OCC(=O)NCCON)cc1. The van der Waals surface area contributed by atoms with Crippen molar-refractivity contribution < 1.29 is 14.4 Å². The molecule has 0 aromatic heterocycles. The molecule has 0 heterocycles. The molecule has 0 atom stereocenters. The minimum atomic E-state index is -0.197. The molecule has 0 bridgehead atoms. The van der Waals surface area contributed by atoms with Crippen molar-refractivity contribution in [3.05, 3.63) is 29.8 Å². The Morgan fingerprint density at radius 2 is 2.06 bits per heavy atom. The van der Waals surface area contributed by atoms with Gasteiger partial charge >= 0.3 is 0 Å². The van der Waals surface area contributed by atoms with Crippen molar-refractivity contribution in [2.45, 2.75) is 6.92 Å². The summed E-state index contributed by atoms with van der Waals surface area (Å²) in [4.78, 5) is 15.5. The normalized spacial score (nSPS) is 9.88. The molecule has 0 spiro atoms. The number of nitrogens with two attached hydrogens (primary N) is 1. The first-order chi connectivity index (χ1) is 7.72. The van der Waals surface area contributed by atoms with E-state index in [1.165, 1.54) is 0 Å². The van der Waals surface area contributed by atoms with Gasteiger partial charge in [-0.15, -0.1) is 0 Å². The molecule has 5 heteroatoms. The first-order valence-electron chi connectivity index (χ1n) is 5.00. The number of amides is 1. The Bertz CT molecular complexity index is 325. The summed E-state index contributed by atoms with van der Waals surface area (Å²) in [6.07, 6.45) is 0. The van der Waals surface area contributed by atoms with Crippen LogP contribution in [0.15, 0.2) is 24.3 Å². The van der Waals surface area contributed by atoms with Gasteiger partial charge in [-0.3, -0.25) is 4.79 Å². The molecule has 0 saturated carbocycles. The third-order valence-corrected chi connectivity index (χ3v) is 1.93. The molecule has 0 aliphatic rings. The molecule has 1 aromatic carbocycles. The highest BCUT2D eigenvalue weighted by Crippen LogP contribution is 2.10. The lowest BCUT2D eigenvalue weighted by Crippen LogP contribution is -2.32. The second kappa shape index (κ2) is 6.81. The summed E-state index contributed by atoms with van der Waals surface area (Å²) >= 11 is 0. The first kappa shape index (κ1) is 12.5. The lowest BCUT2D eigenvalue weighted by atomic mass is 10.2. The van der Waals surface area contributed by atoms with Crippen molar-refractivity contribution in [2.24, 2.45) is 5.90 Å². The van der Waals surface area contributed by atoms with Gasteiger partial charge < -0.3 is 14.9 Å². The summed E-state index contributed by atoms with van der Waals surface area (Å²) in [6.45, 7) is 2.65. The second-order valence-electron chi connectivity index (χ2n) is 3.32. The van der Waals surface area contributed by atoms with E-state index in [1.54, 1.807) is 0 Å². The first-order valence-corrected chi connectivity index (χ1v) is 5.00. The standard InChI is InChI=1S/C11H16N2O3/c1-9-2-4-10(5-3-9)15-8-11(14)13-6-7-16-12/h2-5H,6-8,12H2,1H3,(H,13,14). The predicted octanol–water partition coefficient (Wildman–Crippen LogP) is 0.380. The summed E-state index contributed by atoms with van der Waals surface area (Å²) in [5, 5.41) is 2.60. The molecular weight excluding hydrogens is 208 g/mol. The molecule has 0 radical (unpaired) electrons. The number of hydrogen-bond donors (Lipinski definition) is 2. The molecular formula is C11H16N2O3. The van der Waals surface area contributed by atoms with Gasteiger partial charge in [0.05, 0.1) is 6.61 Å². The van der Waals surface area contributed by atoms with E-state index in [0.717, 1.165) is 5.56 Å². The third kappa shape index (κ3) is 4.77. The van der Waals surface area contributed by atoms with Crippen LogP contribution in [0.25, 0.3) is 0 Å². The highest BCUT2D eigenvalue weighted by Gasteiger charge is 2.01. The van der Waals surface area contributed by atoms with Gasteiger partial charge in [0.1, 0.15) is 5.75 Å². The maximum atomic E-state index is 11.2. The molecule has 3 N–H and O–H groups in total. The van der Waals surface area contributed by atoms with Gasteiger partial charge in [-0.05, 0) is 19.1 Å². The molecule has 16 heavy (non-hydrogen) atoms. The molecule has 1 aromatic rings. The fraction of sp³-hybridized carbons (Fsp3) is 0.364. The summed E-state index contributed by atoms with van der Waals surface area (Å²) in [5.41, 5.74) is 1.15. The van der Waals surface area contributed by atoms with Crippen LogP contribution in [0.5, 0.6) is 5.75 Å². The van der Waals surface area contributed by atoms with Crippen molar-refractivity contribution >= 4 is 5.91 Å². The van der Waals surface area contributed by atoms with E-state index in [0.29, 0.717) is 12.3 Å². The number of carbonyl (C=O) groups is 1. The molecule has 0 saturated heterocycles. The van der Waals surface area contributed by atoms with Gasteiger partial charge in [0.2, 0.25) is 0 Å². The number of nitrogens with one attached hydrogen (secondary N) is 1. The predicted molar refractivity (Wildman–Crippen MR) is 59.8 cm³/mol. The number of rotatable bonds is 6. The van der Waals surface area contributed by atoms with Crippen LogP contribution >= 0.6 is 0 Å². The van der Waals surface area contributed by atoms with Gasteiger partial charge in [0.25, 0.3) is 5.91 Å². The number of benzene rings is 1. The topological polar surface area (TPSA) is 73.6 Å². The molecule has 5 nitrogen and oxygen atoms in total. The maximum Gasteiger partial charge on any atom is 0.258 e. The van der Waals surface area contributed by atoms with Crippen molar-refractivity contribution in [3.8, 4) is 5.75 Å². The average Bonchev–Trinajstić information content (AvgIpc) is 2.29. The van der Waals surface area contributed by atoms with Crippen LogP contribution in [-0.2, 0) is 9.63 Å². The van der Waals surface area contributed by atoms with Crippen LogP contribution in [0.4, 0.5) is 0 Å². The molecule has 0 aliphatic carbocycles. The largest absolute Gasteiger partial charge is 0.484 e. The van der Waals surface area contributed by atoms with Crippen molar-refractivity contribution in [3.63, 3.8) is 0 Å². The van der Waals surface area contributed by atoms with Crippen molar-refractivity contribution in [1.82, 2.24) is 5.32 Å². The lowest BCUT2D eigenvalue weighted by Gasteiger charge is -2.07. The summed E-state index contributed by atoms with van der Waals surface area (Å²) in [7, 11) is 0. The zero-order chi connectivity index (χ0) is 11.8. The zero-order valence-corrected chi connectivity index (χ0v) is 9.23. The smallest absolute Gasteiger partial charge is 0.258 e. The number of ether oxygens (including phenoxy) is 1. The number of aryl methyl sites for hydroxylation is 1. The Labute approximate surface area is 94.5 Å². The van der Waals surface area contributed by atoms with E-state index in [4.69, 9.17) is 10.6 Å². The van der Waals surface area contributed by atoms with Crippen LogP contribution in [-0.4, -0.2) is 25.7 Å². The summed E-state index contributed by atoms with van der Waals surface area (Å²) in [6, 6.07) is 7.50. The Hall–Kier alpha value is -1.59. The average molecular weight is 224 g/mol. The maximum absolute atomic E-state index is 11.2. The minimum absolute atomic E-state index is 0.00632.